The van der Waals surface area contributed by atoms with E-state index in [0.717, 1.165) is 29.8 Å². The Hall–Kier alpha value is -3.81. The number of anilines is 1. The molecule has 1 heterocycles. The fraction of sp³-hybridized carbons (Fsp3) is 0.0909. The van der Waals surface area contributed by atoms with Crippen LogP contribution in [0, 0.1) is 0 Å². The first-order valence-electron chi connectivity index (χ1n) is 8.87. The van der Waals surface area contributed by atoms with E-state index in [4.69, 9.17) is 9.15 Å². The van der Waals surface area contributed by atoms with Gasteiger partial charge >= 0.3 is 6.18 Å². The van der Waals surface area contributed by atoms with Gasteiger partial charge in [0.15, 0.2) is 5.58 Å². The summed E-state index contributed by atoms with van der Waals surface area (Å²) in [6, 6.07) is 16.2. The molecule has 0 bridgehead atoms. The van der Waals surface area contributed by atoms with Gasteiger partial charge in [-0.25, -0.2) is 4.98 Å². The number of amides is 1. The van der Waals surface area contributed by atoms with E-state index in [1.807, 2.05) is 12.1 Å². The van der Waals surface area contributed by atoms with Gasteiger partial charge in [0.25, 0.3) is 5.91 Å². The normalized spacial score (nSPS) is 11.5. The molecule has 30 heavy (non-hydrogen) atoms. The van der Waals surface area contributed by atoms with Crippen molar-refractivity contribution < 1.29 is 27.1 Å². The number of carbonyl (C=O) groups excluding carboxylic acids is 1. The number of nitrogens with one attached hydrogen (secondary N) is 1. The minimum atomic E-state index is -4.45. The molecule has 0 radical (unpaired) electrons. The smallest absolute Gasteiger partial charge is 0.416 e. The van der Waals surface area contributed by atoms with Gasteiger partial charge in [-0.3, -0.25) is 4.79 Å². The van der Waals surface area contributed by atoms with Gasteiger partial charge in [0.1, 0.15) is 11.3 Å². The maximum absolute atomic E-state index is 12.7. The fourth-order valence-corrected chi connectivity index (χ4v) is 2.87. The number of alkyl halides is 3. The fourth-order valence-electron chi connectivity index (χ4n) is 2.87. The number of fused-ring (bicyclic) bond motifs is 1. The highest BCUT2D eigenvalue weighted by atomic mass is 19.4. The van der Waals surface area contributed by atoms with E-state index in [9.17, 15) is 18.0 Å². The van der Waals surface area contributed by atoms with Crippen LogP contribution in [-0.2, 0) is 6.18 Å². The molecule has 4 rings (SSSR count). The first-order valence-corrected chi connectivity index (χ1v) is 8.87. The van der Waals surface area contributed by atoms with Crippen LogP contribution in [0.1, 0.15) is 15.9 Å². The van der Waals surface area contributed by atoms with Crippen LogP contribution in [0.25, 0.3) is 22.6 Å². The van der Waals surface area contributed by atoms with Crippen molar-refractivity contribution in [3.63, 3.8) is 0 Å². The second-order valence-electron chi connectivity index (χ2n) is 6.46. The molecular weight excluding hydrogens is 397 g/mol. The third-order valence-electron chi connectivity index (χ3n) is 4.46. The van der Waals surface area contributed by atoms with Gasteiger partial charge < -0.3 is 14.5 Å². The molecule has 0 unspecified atom stereocenters. The molecule has 0 saturated carbocycles. The summed E-state index contributed by atoms with van der Waals surface area (Å²) in [5.41, 5.74) is 1.57. The van der Waals surface area contributed by atoms with Crippen LogP contribution in [0.2, 0.25) is 0 Å². The Bertz CT molecular complexity index is 1200. The molecule has 0 spiro atoms. The molecule has 0 fully saturated rings. The third-order valence-corrected chi connectivity index (χ3v) is 4.46. The van der Waals surface area contributed by atoms with Crippen molar-refractivity contribution >= 4 is 22.7 Å². The van der Waals surface area contributed by atoms with Crippen LogP contribution in [0.3, 0.4) is 0 Å². The summed E-state index contributed by atoms with van der Waals surface area (Å²) in [5.74, 6) is 0.597. The quantitative estimate of drug-likeness (QED) is 0.462. The molecule has 152 valence electrons. The molecule has 1 N–H and O–H groups in total. The van der Waals surface area contributed by atoms with Gasteiger partial charge in [-0.1, -0.05) is 0 Å². The second kappa shape index (κ2) is 7.55. The number of methoxy groups -OCH3 is 1. The number of benzene rings is 3. The molecule has 0 aliphatic rings. The third kappa shape index (κ3) is 3.98. The van der Waals surface area contributed by atoms with Gasteiger partial charge in [0, 0.05) is 22.9 Å². The Morgan fingerprint density at radius 3 is 2.33 bits per heavy atom. The van der Waals surface area contributed by atoms with Gasteiger partial charge in [-0.15, -0.1) is 0 Å². The summed E-state index contributed by atoms with van der Waals surface area (Å²) in [5, 5.41) is 2.65. The van der Waals surface area contributed by atoms with E-state index in [2.05, 4.69) is 10.3 Å². The molecule has 5 nitrogen and oxygen atoms in total. The van der Waals surface area contributed by atoms with Gasteiger partial charge in [0.05, 0.1) is 12.7 Å². The molecule has 3 aromatic carbocycles. The van der Waals surface area contributed by atoms with Gasteiger partial charge in [0.2, 0.25) is 5.89 Å². The lowest BCUT2D eigenvalue weighted by atomic mass is 10.1. The molecule has 0 aliphatic carbocycles. The van der Waals surface area contributed by atoms with Crippen LogP contribution in [0.15, 0.2) is 71.1 Å². The highest BCUT2D eigenvalue weighted by molar-refractivity contribution is 6.04. The SMILES string of the molecule is COc1ccc(-c2nc3ccc(NC(=O)c4ccc(C(F)(F)F)cc4)cc3o2)cc1. The summed E-state index contributed by atoms with van der Waals surface area (Å²) in [6.45, 7) is 0. The van der Waals surface area contributed by atoms with E-state index in [0.29, 0.717) is 28.4 Å². The standard InChI is InChI=1S/C22H15F3N2O3/c1-29-17-9-4-14(5-10-17)21-27-18-11-8-16(12-19(18)30-21)26-20(28)13-2-6-15(7-3-13)22(23,24)25/h2-12H,1H3,(H,26,28). The van der Waals surface area contributed by atoms with Crippen LogP contribution in [0.5, 0.6) is 5.75 Å². The molecular formula is C22H15F3N2O3. The Morgan fingerprint density at radius 2 is 1.70 bits per heavy atom. The van der Waals surface area contributed by atoms with E-state index in [1.54, 1.807) is 37.4 Å². The number of halogens is 3. The second-order valence-corrected chi connectivity index (χ2v) is 6.46. The highest BCUT2D eigenvalue weighted by Crippen LogP contribution is 2.30. The zero-order valence-electron chi connectivity index (χ0n) is 15.7. The zero-order chi connectivity index (χ0) is 21.3. The maximum atomic E-state index is 12.7. The molecule has 1 aromatic heterocycles. The van der Waals surface area contributed by atoms with E-state index >= 15 is 0 Å². The van der Waals surface area contributed by atoms with Crippen molar-refractivity contribution in [2.45, 2.75) is 6.18 Å². The van der Waals surface area contributed by atoms with E-state index in [-0.39, 0.29) is 5.56 Å². The molecule has 8 heteroatoms. The summed E-state index contributed by atoms with van der Waals surface area (Å²) < 4.78 is 48.9. The van der Waals surface area contributed by atoms with E-state index in [1.165, 1.54) is 0 Å². The Labute approximate surface area is 169 Å². The number of hydrogen-bond acceptors (Lipinski definition) is 4. The van der Waals surface area contributed by atoms with Crippen LogP contribution >= 0.6 is 0 Å². The first kappa shape index (κ1) is 19.5. The highest BCUT2D eigenvalue weighted by Gasteiger charge is 2.30. The van der Waals surface area contributed by atoms with Crippen LogP contribution in [-0.4, -0.2) is 18.0 Å². The Kier molecular flexibility index (Phi) is 4.91. The predicted molar refractivity (Wildman–Crippen MR) is 105 cm³/mol. The number of nitrogens with zero attached hydrogens (tertiary/aromatic N) is 1. The molecule has 1 amide bonds. The monoisotopic (exact) mass is 412 g/mol. The van der Waals surface area contributed by atoms with E-state index < -0.39 is 17.6 Å². The Balaban J connectivity index is 1.54. The topological polar surface area (TPSA) is 64.4 Å². The zero-order valence-corrected chi connectivity index (χ0v) is 15.7. The largest absolute Gasteiger partial charge is 0.497 e. The van der Waals surface area contributed by atoms with Crippen molar-refractivity contribution in [3.8, 4) is 17.2 Å². The minimum absolute atomic E-state index is 0.111. The minimum Gasteiger partial charge on any atom is -0.497 e. The number of rotatable bonds is 4. The van der Waals surface area contributed by atoms with Crippen molar-refractivity contribution in [1.82, 2.24) is 4.98 Å². The van der Waals surface area contributed by atoms with Crippen molar-refractivity contribution in [1.29, 1.82) is 0 Å². The van der Waals surface area contributed by atoms with Crippen molar-refractivity contribution in [3.05, 3.63) is 77.9 Å². The molecule has 4 aromatic rings. The lowest BCUT2D eigenvalue weighted by Gasteiger charge is -2.08. The maximum Gasteiger partial charge on any atom is 0.416 e. The number of oxazole rings is 1. The van der Waals surface area contributed by atoms with Gasteiger partial charge in [-0.2, -0.15) is 13.2 Å². The predicted octanol–water partition coefficient (Wildman–Crippen LogP) is 5.77. The van der Waals surface area contributed by atoms with Gasteiger partial charge in [-0.05, 0) is 60.7 Å². The Morgan fingerprint density at radius 1 is 1.00 bits per heavy atom. The average Bonchev–Trinajstić information content (AvgIpc) is 3.16. The molecule has 0 aliphatic heterocycles. The lowest BCUT2D eigenvalue weighted by Crippen LogP contribution is -2.12. The number of aromatic nitrogens is 1. The first-order chi connectivity index (χ1) is 14.3. The summed E-state index contributed by atoms with van der Waals surface area (Å²) >= 11 is 0. The molecule has 0 atom stereocenters. The lowest BCUT2D eigenvalue weighted by molar-refractivity contribution is -0.137. The van der Waals surface area contributed by atoms with Crippen molar-refractivity contribution in [2.75, 3.05) is 12.4 Å². The van der Waals surface area contributed by atoms with Crippen molar-refractivity contribution in [2.24, 2.45) is 0 Å². The summed E-state index contributed by atoms with van der Waals surface area (Å²) in [6.07, 6.45) is -4.45. The number of ether oxygens (including phenoxy) is 1. The number of hydrogen-bond donors (Lipinski definition) is 1. The van der Waals surface area contributed by atoms with Crippen LogP contribution in [0.4, 0.5) is 18.9 Å². The summed E-state index contributed by atoms with van der Waals surface area (Å²) in [7, 11) is 1.58. The summed E-state index contributed by atoms with van der Waals surface area (Å²) in [4.78, 5) is 16.8. The number of carbonyl (C=O) groups is 1. The average molecular weight is 412 g/mol. The molecule has 0 saturated heterocycles. The van der Waals surface area contributed by atoms with Crippen LogP contribution < -0.4 is 10.1 Å².